The van der Waals surface area contributed by atoms with Crippen LogP contribution in [0.15, 0.2) is 0 Å². The fraction of sp³-hybridized carbons (Fsp3) is 1.00. The van der Waals surface area contributed by atoms with Gasteiger partial charge in [0.25, 0.3) is 0 Å². The quantitative estimate of drug-likeness (QED) is 0.591. The van der Waals surface area contributed by atoms with Gasteiger partial charge in [-0.05, 0) is 6.42 Å². The van der Waals surface area contributed by atoms with Gasteiger partial charge in [-0.3, -0.25) is 0 Å². The number of aliphatic hydroxyl groups is 1. The van der Waals surface area contributed by atoms with Crippen molar-refractivity contribution in [3.8, 4) is 0 Å². The number of ether oxygens (including phenoxy) is 2. The second kappa shape index (κ2) is 2.73. The van der Waals surface area contributed by atoms with Crippen LogP contribution in [0.4, 0.5) is 0 Å². The van der Waals surface area contributed by atoms with Gasteiger partial charge in [0.2, 0.25) is 0 Å². The van der Waals surface area contributed by atoms with Gasteiger partial charge in [-0.1, -0.05) is 0 Å². The smallest absolute Gasteiger partial charge is 0.0952 e. The first kappa shape index (κ1) is 7.53. The molecule has 2 fully saturated rings. The van der Waals surface area contributed by atoms with E-state index < -0.39 is 5.60 Å². The van der Waals surface area contributed by atoms with Crippen LogP contribution < -0.4 is 0 Å². The van der Waals surface area contributed by atoms with Crippen molar-refractivity contribution in [3.63, 3.8) is 0 Å². The Hall–Kier alpha value is -0.120. The van der Waals surface area contributed by atoms with E-state index in [2.05, 4.69) is 0 Å². The van der Waals surface area contributed by atoms with Gasteiger partial charge in [-0.15, -0.1) is 0 Å². The molecular weight excluding hydrogens is 144 g/mol. The van der Waals surface area contributed by atoms with Gasteiger partial charge < -0.3 is 14.6 Å². The van der Waals surface area contributed by atoms with Gasteiger partial charge in [0.05, 0.1) is 18.8 Å². The van der Waals surface area contributed by atoms with Crippen molar-refractivity contribution < 1.29 is 14.6 Å². The minimum Gasteiger partial charge on any atom is -0.387 e. The molecule has 2 saturated heterocycles. The van der Waals surface area contributed by atoms with Crippen LogP contribution in [-0.4, -0.2) is 37.1 Å². The van der Waals surface area contributed by atoms with Crippen molar-refractivity contribution >= 4 is 0 Å². The maximum Gasteiger partial charge on any atom is 0.0952 e. The highest BCUT2D eigenvalue weighted by molar-refractivity contribution is 4.91. The largest absolute Gasteiger partial charge is 0.387 e. The van der Waals surface area contributed by atoms with E-state index in [0.717, 1.165) is 19.4 Å². The predicted molar refractivity (Wildman–Crippen MR) is 39.3 cm³/mol. The molecule has 2 aliphatic heterocycles. The summed E-state index contributed by atoms with van der Waals surface area (Å²) in [4.78, 5) is 0. The first-order chi connectivity index (χ1) is 5.31. The molecule has 0 saturated carbocycles. The van der Waals surface area contributed by atoms with Gasteiger partial charge in [0.15, 0.2) is 0 Å². The molecule has 2 rings (SSSR count). The molecule has 0 aromatic rings. The molecule has 0 aliphatic carbocycles. The molecule has 2 aliphatic rings. The maximum atomic E-state index is 9.99. The molecule has 0 aromatic carbocycles. The topological polar surface area (TPSA) is 38.7 Å². The van der Waals surface area contributed by atoms with E-state index in [0.29, 0.717) is 25.7 Å². The van der Waals surface area contributed by atoms with Crippen LogP contribution in [0.3, 0.4) is 0 Å². The van der Waals surface area contributed by atoms with Crippen LogP contribution >= 0.6 is 0 Å². The van der Waals surface area contributed by atoms with Crippen LogP contribution in [0.5, 0.6) is 0 Å². The summed E-state index contributed by atoms with van der Waals surface area (Å²) in [6.07, 6.45) is 1.76. The highest BCUT2D eigenvalue weighted by Gasteiger charge is 2.41. The lowest BCUT2D eigenvalue weighted by Gasteiger charge is -2.26. The van der Waals surface area contributed by atoms with E-state index >= 15 is 0 Å². The summed E-state index contributed by atoms with van der Waals surface area (Å²) in [5.74, 6) is 0.310. The van der Waals surface area contributed by atoms with Crippen molar-refractivity contribution in [2.75, 3.05) is 26.4 Å². The molecule has 11 heavy (non-hydrogen) atoms. The van der Waals surface area contributed by atoms with Crippen molar-refractivity contribution in [1.82, 2.24) is 0 Å². The van der Waals surface area contributed by atoms with E-state index in [1.165, 1.54) is 0 Å². The van der Waals surface area contributed by atoms with Gasteiger partial charge in [-0.25, -0.2) is 0 Å². The SMILES string of the molecule is OC1(C2CCOC2)CCOC1. The minimum absolute atomic E-state index is 0.310. The summed E-state index contributed by atoms with van der Waals surface area (Å²) < 4.78 is 10.4. The van der Waals surface area contributed by atoms with E-state index in [1.54, 1.807) is 0 Å². The molecule has 2 atom stereocenters. The second-order valence-electron chi connectivity index (χ2n) is 3.47. The highest BCUT2D eigenvalue weighted by atomic mass is 16.5. The molecule has 0 radical (unpaired) electrons. The Morgan fingerprint density at radius 3 is 2.73 bits per heavy atom. The first-order valence-corrected chi connectivity index (χ1v) is 4.19. The average Bonchev–Trinajstić information content (AvgIpc) is 2.55. The van der Waals surface area contributed by atoms with Crippen molar-refractivity contribution in [2.24, 2.45) is 5.92 Å². The zero-order valence-corrected chi connectivity index (χ0v) is 6.58. The van der Waals surface area contributed by atoms with Gasteiger partial charge in [-0.2, -0.15) is 0 Å². The number of hydrogen-bond donors (Lipinski definition) is 1. The maximum absolute atomic E-state index is 9.99. The average molecular weight is 158 g/mol. The molecule has 0 amide bonds. The van der Waals surface area contributed by atoms with Crippen LogP contribution in [-0.2, 0) is 9.47 Å². The first-order valence-electron chi connectivity index (χ1n) is 4.19. The Bertz CT molecular complexity index is 134. The van der Waals surface area contributed by atoms with Crippen molar-refractivity contribution in [3.05, 3.63) is 0 Å². The van der Waals surface area contributed by atoms with Crippen LogP contribution in [0, 0.1) is 5.92 Å². The normalized spacial score (nSPS) is 45.0. The Morgan fingerprint density at radius 1 is 1.27 bits per heavy atom. The summed E-state index contributed by atoms with van der Waals surface area (Å²) in [5.41, 5.74) is -0.573. The molecule has 3 heteroatoms. The minimum atomic E-state index is -0.573. The second-order valence-corrected chi connectivity index (χ2v) is 3.47. The summed E-state index contributed by atoms with van der Waals surface area (Å²) in [6.45, 7) is 2.71. The highest BCUT2D eigenvalue weighted by Crippen LogP contribution is 2.32. The molecular formula is C8H14O3. The predicted octanol–water partition coefficient (Wildman–Crippen LogP) is 0.174. The van der Waals surface area contributed by atoms with E-state index in [1.807, 2.05) is 0 Å². The Kier molecular flexibility index (Phi) is 1.87. The third-order valence-corrected chi connectivity index (χ3v) is 2.72. The zero-order chi connectivity index (χ0) is 7.73. The third kappa shape index (κ3) is 1.28. The molecule has 1 N–H and O–H groups in total. The van der Waals surface area contributed by atoms with Gasteiger partial charge in [0, 0.05) is 25.6 Å². The van der Waals surface area contributed by atoms with Crippen LogP contribution in [0.1, 0.15) is 12.8 Å². The summed E-state index contributed by atoms with van der Waals surface area (Å²) in [7, 11) is 0. The Morgan fingerprint density at radius 2 is 2.18 bits per heavy atom. The molecule has 0 spiro atoms. The lowest BCUT2D eigenvalue weighted by atomic mass is 9.86. The van der Waals surface area contributed by atoms with Crippen molar-refractivity contribution in [1.29, 1.82) is 0 Å². The molecule has 2 unspecified atom stereocenters. The van der Waals surface area contributed by atoms with Crippen molar-refractivity contribution in [2.45, 2.75) is 18.4 Å². The lowest BCUT2D eigenvalue weighted by molar-refractivity contribution is -0.0274. The van der Waals surface area contributed by atoms with Gasteiger partial charge >= 0.3 is 0 Å². The molecule has 64 valence electrons. The van der Waals surface area contributed by atoms with E-state index in [9.17, 15) is 5.11 Å². The van der Waals surface area contributed by atoms with E-state index in [-0.39, 0.29) is 0 Å². The van der Waals surface area contributed by atoms with Gasteiger partial charge in [0.1, 0.15) is 0 Å². The monoisotopic (exact) mass is 158 g/mol. The standard InChI is InChI=1S/C8H14O3/c9-8(2-4-11-6-8)7-1-3-10-5-7/h7,9H,1-6H2. The summed E-state index contributed by atoms with van der Waals surface area (Å²) in [6, 6.07) is 0. The summed E-state index contributed by atoms with van der Waals surface area (Å²) in [5, 5.41) is 9.99. The number of rotatable bonds is 1. The third-order valence-electron chi connectivity index (χ3n) is 2.72. The molecule has 0 bridgehead atoms. The number of hydrogen-bond acceptors (Lipinski definition) is 3. The molecule has 0 aromatic heterocycles. The zero-order valence-electron chi connectivity index (χ0n) is 6.58. The lowest BCUT2D eigenvalue weighted by Crippen LogP contribution is -2.38. The Balaban J connectivity index is 2.00. The fourth-order valence-electron chi connectivity index (χ4n) is 1.85. The van der Waals surface area contributed by atoms with E-state index in [4.69, 9.17) is 9.47 Å². The molecule has 2 heterocycles. The Labute approximate surface area is 66.3 Å². The fourth-order valence-corrected chi connectivity index (χ4v) is 1.85. The van der Waals surface area contributed by atoms with Crippen LogP contribution in [0.2, 0.25) is 0 Å². The van der Waals surface area contributed by atoms with Crippen LogP contribution in [0.25, 0.3) is 0 Å². The molecule has 3 nitrogen and oxygen atoms in total. The summed E-state index contributed by atoms with van der Waals surface area (Å²) >= 11 is 0.